The molecule has 30 heavy (non-hydrogen) atoms. The van der Waals surface area contributed by atoms with E-state index < -0.39 is 11.9 Å². The zero-order valence-electron chi connectivity index (χ0n) is 16.9. The lowest BCUT2D eigenvalue weighted by molar-refractivity contribution is -0.135. The van der Waals surface area contributed by atoms with E-state index in [2.05, 4.69) is 37.0 Å². The molecule has 10 heteroatoms. The highest BCUT2D eigenvalue weighted by molar-refractivity contribution is 8.18. The molecule has 2 heterocycles. The molecular formula is C20H24FN5O3S. The third-order valence-corrected chi connectivity index (χ3v) is 5.76. The summed E-state index contributed by atoms with van der Waals surface area (Å²) in [6, 6.07) is 4.57. The first-order valence-corrected chi connectivity index (χ1v) is 10.4. The summed E-state index contributed by atoms with van der Waals surface area (Å²) >= 11 is 0.998. The average molecular weight is 434 g/mol. The van der Waals surface area contributed by atoms with Crippen molar-refractivity contribution >= 4 is 35.0 Å². The van der Waals surface area contributed by atoms with Crippen LogP contribution in [0, 0.1) is 5.82 Å². The van der Waals surface area contributed by atoms with E-state index in [1.807, 2.05) is 0 Å². The van der Waals surface area contributed by atoms with Gasteiger partial charge in [-0.1, -0.05) is 13.0 Å². The zero-order chi connectivity index (χ0) is 21.5. The average Bonchev–Trinajstić information content (AvgIpc) is 3.09. The third-order valence-electron chi connectivity index (χ3n) is 4.86. The van der Waals surface area contributed by atoms with E-state index in [0.29, 0.717) is 6.54 Å². The molecule has 0 atom stereocenters. The highest BCUT2D eigenvalue weighted by Gasteiger charge is 2.25. The number of rotatable bonds is 6. The quantitative estimate of drug-likeness (QED) is 0.317. The zero-order valence-corrected chi connectivity index (χ0v) is 17.7. The molecule has 0 unspecified atom stereocenters. The van der Waals surface area contributed by atoms with Crippen LogP contribution in [-0.4, -0.2) is 72.9 Å². The minimum absolute atomic E-state index is 0.185. The van der Waals surface area contributed by atoms with Gasteiger partial charge in [-0.2, -0.15) is 5.10 Å². The van der Waals surface area contributed by atoms with Crippen molar-refractivity contribution in [3.8, 4) is 0 Å². The molecule has 0 bridgehead atoms. The predicted molar refractivity (Wildman–Crippen MR) is 115 cm³/mol. The molecule has 8 nitrogen and oxygen atoms in total. The molecule has 2 saturated heterocycles. The number of halogens is 1. The van der Waals surface area contributed by atoms with Crippen LogP contribution in [0.4, 0.5) is 4.39 Å². The van der Waals surface area contributed by atoms with Crippen LogP contribution in [0.3, 0.4) is 0 Å². The number of amidine groups is 1. The van der Waals surface area contributed by atoms with Gasteiger partial charge >= 0.3 is 5.97 Å². The number of methoxy groups -OCH3 is 1. The molecule has 2 aliphatic rings. The molecule has 0 spiro atoms. The van der Waals surface area contributed by atoms with Crippen molar-refractivity contribution < 1.29 is 18.7 Å². The fourth-order valence-corrected chi connectivity index (χ4v) is 3.87. The van der Waals surface area contributed by atoms with Crippen LogP contribution in [0.2, 0.25) is 0 Å². The van der Waals surface area contributed by atoms with Crippen LogP contribution in [0.5, 0.6) is 0 Å². The Morgan fingerprint density at radius 2 is 2.03 bits per heavy atom. The molecule has 3 rings (SSSR count). The van der Waals surface area contributed by atoms with Gasteiger partial charge in [0.25, 0.3) is 5.91 Å². The number of piperazine rings is 1. The Balaban J connectivity index is 1.67. The van der Waals surface area contributed by atoms with Gasteiger partial charge in [-0.15, -0.1) is 5.10 Å². The highest BCUT2D eigenvalue weighted by atomic mass is 32.2. The Hall–Kier alpha value is -2.56. The molecular weight excluding hydrogens is 409 g/mol. The van der Waals surface area contributed by atoms with Crippen molar-refractivity contribution in [1.82, 2.24) is 15.1 Å². The minimum Gasteiger partial charge on any atom is -0.466 e. The Morgan fingerprint density at radius 3 is 2.73 bits per heavy atom. The topological polar surface area (TPSA) is 86.6 Å². The van der Waals surface area contributed by atoms with Crippen molar-refractivity contribution in [1.29, 1.82) is 0 Å². The second-order valence-electron chi connectivity index (χ2n) is 6.79. The summed E-state index contributed by atoms with van der Waals surface area (Å²) in [6.07, 6.45) is 2.64. The lowest BCUT2D eigenvalue weighted by atomic mass is 10.1. The summed E-state index contributed by atoms with van der Waals surface area (Å²) in [5.41, 5.74) is 1.59. The largest absolute Gasteiger partial charge is 0.466 e. The normalized spacial score (nSPS) is 21.0. The maximum absolute atomic E-state index is 13.8. The predicted octanol–water partition coefficient (Wildman–Crippen LogP) is 1.57. The van der Waals surface area contributed by atoms with Crippen LogP contribution < -0.4 is 5.32 Å². The van der Waals surface area contributed by atoms with Crippen LogP contribution in [0.1, 0.15) is 18.1 Å². The summed E-state index contributed by atoms with van der Waals surface area (Å²) < 4.78 is 18.3. The van der Waals surface area contributed by atoms with E-state index in [0.717, 1.165) is 61.7 Å². The van der Waals surface area contributed by atoms with E-state index in [1.165, 1.54) is 19.2 Å². The molecule has 1 aromatic carbocycles. The molecule has 2 aliphatic heterocycles. The van der Waals surface area contributed by atoms with Gasteiger partial charge in [-0.3, -0.25) is 15.0 Å². The van der Waals surface area contributed by atoms with E-state index in [4.69, 9.17) is 0 Å². The van der Waals surface area contributed by atoms with Crippen LogP contribution in [0.25, 0.3) is 0 Å². The Morgan fingerprint density at radius 1 is 1.30 bits per heavy atom. The SMILES string of the molecule is CCN1CCN(Cc2cc(F)ccc2C=N/N=C2/NC(=O)/C(=C\C(=O)OC)S2)CC1. The molecule has 1 amide bonds. The van der Waals surface area contributed by atoms with E-state index >= 15 is 0 Å². The third kappa shape index (κ3) is 5.97. The standard InChI is InChI=1S/C20H24FN5O3S/c1-3-25-6-8-26(9-7-25)13-15-10-16(21)5-4-14(15)12-22-24-20-23-19(28)17(30-20)11-18(27)29-2/h4-5,10-12H,3,6-9,13H2,1-2H3,(H,23,24,28)/b17-11+,22-12?. The maximum atomic E-state index is 13.8. The Bertz CT molecular complexity index is 894. The lowest BCUT2D eigenvalue weighted by Crippen LogP contribution is -2.45. The number of thioether (sulfide) groups is 1. The van der Waals surface area contributed by atoms with Crippen molar-refractivity contribution in [2.45, 2.75) is 13.5 Å². The fourth-order valence-electron chi connectivity index (χ4n) is 3.13. The number of nitrogens with one attached hydrogen (secondary N) is 1. The number of nitrogens with zero attached hydrogens (tertiary/aromatic N) is 4. The van der Waals surface area contributed by atoms with Gasteiger partial charge in [0.2, 0.25) is 0 Å². The van der Waals surface area contributed by atoms with Crippen molar-refractivity contribution in [2.24, 2.45) is 10.2 Å². The summed E-state index contributed by atoms with van der Waals surface area (Å²) in [7, 11) is 1.24. The fraction of sp³-hybridized carbons (Fsp3) is 0.400. The maximum Gasteiger partial charge on any atom is 0.331 e. The molecule has 0 aliphatic carbocycles. The van der Waals surface area contributed by atoms with Crippen LogP contribution >= 0.6 is 11.8 Å². The van der Waals surface area contributed by atoms with Gasteiger partial charge in [-0.05, 0) is 41.6 Å². The van der Waals surface area contributed by atoms with Crippen molar-refractivity contribution in [3.63, 3.8) is 0 Å². The van der Waals surface area contributed by atoms with Gasteiger partial charge in [-0.25, -0.2) is 9.18 Å². The minimum atomic E-state index is -0.617. The molecule has 160 valence electrons. The van der Waals surface area contributed by atoms with E-state index in [-0.39, 0.29) is 15.9 Å². The van der Waals surface area contributed by atoms with Crippen LogP contribution in [0.15, 0.2) is 39.4 Å². The number of ether oxygens (including phenoxy) is 1. The first-order valence-electron chi connectivity index (χ1n) is 9.61. The van der Waals surface area contributed by atoms with Gasteiger partial charge < -0.3 is 9.64 Å². The number of benzene rings is 1. The van der Waals surface area contributed by atoms with Crippen LogP contribution in [-0.2, 0) is 20.9 Å². The first kappa shape index (κ1) is 22.1. The highest BCUT2D eigenvalue weighted by Crippen LogP contribution is 2.23. The summed E-state index contributed by atoms with van der Waals surface area (Å²) in [4.78, 5) is 28.0. The second-order valence-corrected chi connectivity index (χ2v) is 7.82. The molecule has 0 saturated carbocycles. The summed E-state index contributed by atoms with van der Waals surface area (Å²) in [5, 5.41) is 10.8. The number of likely N-dealkylation sites (N-methyl/N-ethyl adjacent to an activating group) is 1. The second kappa shape index (κ2) is 10.5. The lowest BCUT2D eigenvalue weighted by Gasteiger charge is -2.34. The van der Waals surface area contributed by atoms with Gasteiger partial charge in [0, 0.05) is 38.8 Å². The van der Waals surface area contributed by atoms with Crippen molar-refractivity contribution in [3.05, 3.63) is 46.1 Å². The smallest absolute Gasteiger partial charge is 0.331 e. The van der Waals surface area contributed by atoms with Gasteiger partial charge in [0.1, 0.15) is 5.82 Å². The van der Waals surface area contributed by atoms with E-state index in [1.54, 1.807) is 12.3 Å². The number of amides is 1. The van der Waals surface area contributed by atoms with Crippen molar-refractivity contribution in [2.75, 3.05) is 39.8 Å². The molecule has 0 aromatic heterocycles. The number of carbonyl (C=O) groups is 2. The van der Waals surface area contributed by atoms with Gasteiger partial charge in [0.05, 0.1) is 18.2 Å². The molecule has 2 fully saturated rings. The molecule has 1 N–H and O–H groups in total. The number of hydrogen-bond acceptors (Lipinski definition) is 8. The Labute approximate surface area is 178 Å². The number of hydrogen-bond donors (Lipinski definition) is 1. The monoisotopic (exact) mass is 433 g/mol. The molecule has 1 aromatic rings. The summed E-state index contributed by atoms with van der Waals surface area (Å²) in [5.74, 6) is -1.35. The number of esters is 1. The van der Waals surface area contributed by atoms with E-state index in [9.17, 15) is 14.0 Å². The first-order chi connectivity index (χ1) is 14.5. The Kier molecular flexibility index (Phi) is 7.72. The molecule has 0 radical (unpaired) electrons. The van der Waals surface area contributed by atoms with Gasteiger partial charge in [0.15, 0.2) is 5.17 Å². The summed E-state index contributed by atoms with van der Waals surface area (Å²) in [6.45, 7) is 7.68. The number of carbonyl (C=O) groups excluding carboxylic acids is 2.